The third kappa shape index (κ3) is 6.30. The second kappa shape index (κ2) is 9.35. The highest BCUT2D eigenvalue weighted by atomic mass is 16.5. The first-order valence-corrected chi connectivity index (χ1v) is 8.10. The molecule has 2 fully saturated rings. The first-order chi connectivity index (χ1) is 10.3. The molecule has 1 amide bonds. The van der Waals surface area contributed by atoms with Gasteiger partial charge in [-0.15, -0.1) is 0 Å². The molecule has 1 N–H and O–H groups in total. The van der Waals surface area contributed by atoms with Crippen LogP contribution in [-0.4, -0.2) is 87.9 Å². The van der Waals surface area contributed by atoms with Crippen molar-refractivity contribution in [3.05, 3.63) is 0 Å². The van der Waals surface area contributed by atoms with Crippen molar-refractivity contribution >= 4 is 5.91 Å². The Kier molecular flexibility index (Phi) is 7.43. The van der Waals surface area contributed by atoms with Gasteiger partial charge in [0.25, 0.3) is 0 Å². The Morgan fingerprint density at radius 1 is 1.24 bits per heavy atom. The molecule has 2 aliphatic rings. The number of methoxy groups -OCH3 is 1. The average molecular weight is 299 g/mol. The normalized spacial score (nSPS) is 24.9. The lowest BCUT2D eigenvalue weighted by molar-refractivity contribution is -0.123. The fourth-order valence-corrected chi connectivity index (χ4v) is 2.92. The van der Waals surface area contributed by atoms with Crippen LogP contribution in [0.2, 0.25) is 0 Å². The van der Waals surface area contributed by atoms with Crippen LogP contribution in [0.3, 0.4) is 0 Å². The number of amides is 1. The van der Waals surface area contributed by atoms with E-state index in [2.05, 4.69) is 15.1 Å². The number of rotatable bonds is 7. The summed E-state index contributed by atoms with van der Waals surface area (Å²) in [6.07, 6.45) is 4.12. The highest BCUT2D eigenvalue weighted by Gasteiger charge is 2.22. The molecule has 0 spiro atoms. The fourth-order valence-electron chi connectivity index (χ4n) is 2.92. The number of hydrogen-bond donors (Lipinski definition) is 1. The smallest absolute Gasteiger partial charge is 0.234 e. The van der Waals surface area contributed by atoms with Gasteiger partial charge in [-0.05, 0) is 19.3 Å². The van der Waals surface area contributed by atoms with Crippen LogP contribution < -0.4 is 5.32 Å². The molecule has 0 aromatic carbocycles. The summed E-state index contributed by atoms with van der Waals surface area (Å²) in [4.78, 5) is 16.4. The molecule has 2 rings (SSSR count). The van der Waals surface area contributed by atoms with Gasteiger partial charge in [0, 0.05) is 53.0 Å². The molecule has 6 heteroatoms. The van der Waals surface area contributed by atoms with Crippen LogP contribution in [0.15, 0.2) is 0 Å². The largest absolute Gasteiger partial charge is 0.383 e. The van der Waals surface area contributed by atoms with Crippen molar-refractivity contribution in [2.24, 2.45) is 0 Å². The van der Waals surface area contributed by atoms with E-state index in [9.17, 15) is 4.79 Å². The summed E-state index contributed by atoms with van der Waals surface area (Å²) in [5.74, 6) is 0.0936. The minimum atomic E-state index is 0.0936. The van der Waals surface area contributed by atoms with E-state index in [0.717, 1.165) is 39.3 Å². The van der Waals surface area contributed by atoms with E-state index in [1.165, 1.54) is 19.3 Å². The maximum atomic E-state index is 11.7. The summed E-state index contributed by atoms with van der Waals surface area (Å²) in [5, 5.41) is 2.87. The van der Waals surface area contributed by atoms with Gasteiger partial charge in [0.05, 0.1) is 19.3 Å². The number of nitrogens with one attached hydrogen (secondary N) is 1. The van der Waals surface area contributed by atoms with E-state index in [1.807, 2.05) is 0 Å². The SMILES string of the molecule is COCCNC(=O)CN1CCN(CC2CCCCO2)CC1. The Balaban J connectivity index is 1.58. The molecule has 122 valence electrons. The van der Waals surface area contributed by atoms with E-state index < -0.39 is 0 Å². The van der Waals surface area contributed by atoms with Gasteiger partial charge in [-0.2, -0.15) is 0 Å². The molecule has 0 bridgehead atoms. The highest BCUT2D eigenvalue weighted by molar-refractivity contribution is 5.77. The Labute approximate surface area is 127 Å². The Morgan fingerprint density at radius 3 is 2.67 bits per heavy atom. The van der Waals surface area contributed by atoms with E-state index in [4.69, 9.17) is 9.47 Å². The molecule has 21 heavy (non-hydrogen) atoms. The van der Waals surface area contributed by atoms with Gasteiger partial charge in [0.2, 0.25) is 5.91 Å². The predicted molar refractivity (Wildman–Crippen MR) is 81.4 cm³/mol. The molecule has 2 aliphatic heterocycles. The first kappa shape index (κ1) is 16.7. The van der Waals surface area contributed by atoms with Crippen molar-refractivity contribution < 1.29 is 14.3 Å². The first-order valence-electron chi connectivity index (χ1n) is 8.10. The van der Waals surface area contributed by atoms with Crippen molar-refractivity contribution in [1.29, 1.82) is 0 Å². The summed E-state index contributed by atoms with van der Waals surface area (Å²) in [7, 11) is 1.64. The molecule has 0 saturated carbocycles. The zero-order valence-electron chi connectivity index (χ0n) is 13.2. The highest BCUT2D eigenvalue weighted by Crippen LogP contribution is 2.14. The van der Waals surface area contributed by atoms with E-state index in [1.54, 1.807) is 7.11 Å². The average Bonchev–Trinajstić information content (AvgIpc) is 2.51. The molecular formula is C15H29N3O3. The van der Waals surface area contributed by atoms with Gasteiger partial charge < -0.3 is 14.8 Å². The van der Waals surface area contributed by atoms with Crippen LogP contribution in [0.1, 0.15) is 19.3 Å². The molecule has 2 saturated heterocycles. The number of carbonyl (C=O) groups excluding carboxylic acids is 1. The van der Waals surface area contributed by atoms with Gasteiger partial charge in [-0.25, -0.2) is 0 Å². The van der Waals surface area contributed by atoms with Gasteiger partial charge in [-0.1, -0.05) is 0 Å². The summed E-state index contributed by atoms with van der Waals surface area (Å²) < 4.78 is 10.7. The molecule has 1 atom stereocenters. The van der Waals surface area contributed by atoms with Crippen LogP contribution in [0.4, 0.5) is 0 Å². The van der Waals surface area contributed by atoms with Crippen LogP contribution in [0.25, 0.3) is 0 Å². The van der Waals surface area contributed by atoms with Crippen LogP contribution in [0, 0.1) is 0 Å². The van der Waals surface area contributed by atoms with Crippen molar-refractivity contribution in [2.45, 2.75) is 25.4 Å². The van der Waals surface area contributed by atoms with Gasteiger partial charge >= 0.3 is 0 Å². The lowest BCUT2D eigenvalue weighted by Gasteiger charge is -2.36. The maximum absolute atomic E-state index is 11.7. The Hall–Kier alpha value is -0.690. The molecular weight excluding hydrogens is 270 g/mol. The summed E-state index contributed by atoms with van der Waals surface area (Å²) in [5.41, 5.74) is 0. The van der Waals surface area contributed by atoms with Gasteiger partial charge in [-0.3, -0.25) is 14.6 Å². The quantitative estimate of drug-likeness (QED) is 0.667. The summed E-state index contributed by atoms with van der Waals surface area (Å²) in [6, 6.07) is 0. The molecule has 6 nitrogen and oxygen atoms in total. The van der Waals surface area contributed by atoms with Crippen LogP contribution in [-0.2, 0) is 14.3 Å². The minimum Gasteiger partial charge on any atom is -0.383 e. The van der Waals surface area contributed by atoms with Gasteiger partial charge in [0.1, 0.15) is 0 Å². The van der Waals surface area contributed by atoms with Crippen molar-refractivity contribution in [3.63, 3.8) is 0 Å². The summed E-state index contributed by atoms with van der Waals surface area (Å²) >= 11 is 0. The monoisotopic (exact) mass is 299 g/mol. The minimum absolute atomic E-state index is 0.0936. The molecule has 0 radical (unpaired) electrons. The topological polar surface area (TPSA) is 54.0 Å². The zero-order chi connectivity index (χ0) is 14.9. The number of piperazine rings is 1. The van der Waals surface area contributed by atoms with E-state index in [-0.39, 0.29) is 5.91 Å². The number of nitrogens with zero attached hydrogens (tertiary/aromatic N) is 2. The zero-order valence-corrected chi connectivity index (χ0v) is 13.2. The molecule has 0 aliphatic carbocycles. The van der Waals surface area contributed by atoms with Crippen molar-refractivity contribution in [1.82, 2.24) is 15.1 Å². The second-order valence-corrected chi connectivity index (χ2v) is 5.91. The standard InChI is InChI=1S/C15H29N3O3/c1-20-11-5-16-15(19)13-18-8-6-17(7-9-18)12-14-4-2-3-10-21-14/h14H,2-13H2,1H3,(H,16,19). The fraction of sp³-hybridized carbons (Fsp3) is 0.933. The number of carbonyl (C=O) groups is 1. The Bertz CT molecular complexity index is 301. The third-order valence-corrected chi connectivity index (χ3v) is 4.20. The van der Waals surface area contributed by atoms with Crippen molar-refractivity contribution in [3.8, 4) is 0 Å². The Morgan fingerprint density at radius 2 is 2.00 bits per heavy atom. The molecule has 2 heterocycles. The van der Waals surface area contributed by atoms with Crippen LogP contribution in [0.5, 0.6) is 0 Å². The second-order valence-electron chi connectivity index (χ2n) is 5.91. The maximum Gasteiger partial charge on any atom is 0.234 e. The predicted octanol–water partition coefficient (Wildman–Crippen LogP) is -0.0643. The molecule has 1 unspecified atom stereocenters. The van der Waals surface area contributed by atoms with Crippen LogP contribution >= 0.6 is 0 Å². The van der Waals surface area contributed by atoms with E-state index in [0.29, 0.717) is 25.8 Å². The molecule has 0 aromatic heterocycles. The third-order valence-electron chi connectivity index (χ3n) is 4.20. The summed E-state index contributed by atoms with van der Waals surface area (Å²) in [6.45, 7) is 7.62. The molecule has 0 aromatic rings. The van der Waals surface area contributed by atoms with E-state index >= 15 is 0 Å². The number of ether oxygens (including phenoxy) is 2. The van der Waals surface area contributed by atoms with Gasteiger partial charge in [0.15, 0.2) is 0 Å². The lowest BCUT2D eigenvalue weighted by atomic mass is 10.1. The lowest BCUT2D eigenvalue weighted by Crippen LogP contribution is -2.51. The van der Waals surface area contributed by atoms with Crippen molar-refractivity contribution in [2.75, 3.05) is 66.1 Å². The number of hydrogen-bond acceptors (Lipinski definition) is 5.